The molecular formula is C14H14N4O5S. The van der Waals surface area contributed by atoms with Crippen molar-refractivity contribution in [3.05, 3.63) is 41.5 Å². The van der Waals surface area contributed by atoms with Crippen LogP contribution >= 0.6 is 0 Å². The lowest BCUT2D eigenvalue weighted by molar-refractivity contribution is -0.146. The van der Waals surface area contributed by atoms with Crippen molar-refractivity contribution >= 4 is 21.8 Å². The average molecular weight is 350 g/mol. The highest BCUT2D eigenvalue weighted by molar-refractivity contribution is 7.90. The van der Waals surface area contributed by atoms with E-state index in [9.17, 15) is 13.2 Å². The summed E-state index contributed by atoms with van der Waals surface area (Å²) < 4.78 is 36.2. The average Bonchev–Trinajstić information content (AvgIpc) is 3.07. The number of aromatic nitrogens is 2. The number of fused-ring (bicyclic) bond motifs is 1. The highest BCUT2D eigenvalue weighted by Crippen LogP contribution is 2.22. The second-order valence-corrected chi connectivity index (χ2v) is 6.75. The standard InChI is InChI=1S/C14H14N4O5S/c1-8(14(19)22-7-12-16-9(2)17-23-12)15-13-10-5-3-4-6-11(10)24(20,21)18-13/h3-6,8H,7H2,1-2H3,(H,15,18)/t8-/m0/s1. The number of amidine groups is 1. The van der Waals surface area contributed by atoms with Crippen molar-refractivity contribution < 1.29 is 22.5 Å². The van der Waals surface area contributed by atoms with Gasteiger partial charge in [0.1, 0.15) is 11.9 Å². The van der Waals surface area contributed by atoms with E-state index in [0.717, 1.165) is 0 Å². The van der Waals surface area contributed by atoms with Gasteiger partial charge in [-0.15, -0.1) is 0 Å². The molecule has 0 saturated heterocycles. The van der Waals surface area contributed by atoms with Gasteiger partial charge in [-0.1, -0.05) is 17.3 Å². The number of nitrogens with zero attached hydrogens (tertiary/aromatic N) is 3. The van der Waals surface area contributed by atoms with E-state index in [1.807, 2.05) is 0 Å². The first-order chi connectivity index (χ1) is 11.4. The third kappa shape index (κ3) is 3.13. The SMILES string of the molecule is Cc1noc(COC(=O)[C@H](C)N=C2NS(=O)(=O)c3ccccc32)n1. The fourth-order valence-corrected chi connectivity index (χ4v) is 3.37. The minimum atomic E-state index is -3.64. The molecule has 1 N–H and O–H groups in total. The molecule has 0 spiro atoms. The second kappa shape index (κ2) is 6.04. The Balaban J connectivity index is 1.73. The van der Waals surface area contributed by atoms with Crippen molar-refractivity contribution in [1.82, 2.24) is 14.9 Å². The molecule has 24 heavy (non-hydrogen) atoms. The number of rotatable bonds is 4. The minimum Gasteiger partial charge on any atom is -0.454 e. The molecule has 126 valence electrons. The van der Waals surface area contributed by atoms with E-state index in [-0.39, 0.29) is 23.2 Å². The van der Waals surface area contributed by atoms with Crippen LogP contribution in [0.25, 0.3) is 0 Å². The van der Waals surface area contributed by atoms with Crippen LogP contribution in [0.4, 0.5) is 0 Å². The Morgan fingerprint density at radius 1 is 1.42 bits per heavy atom. The summed E-state index contributed by atoms with van der Waals surface area (Å²) in [6.07, 6.45) is 0. The van der Waals surface area contributed by atoms with E-state index in [1.165, 1.54) is 13.0 Å². The van der Waals surface area contributed by atoms with Crippen molar-refractivity contribution in [3.63, 3.8) is 0 Å². The zero-order chi connectivity index (χ0) is 17.3. The van der Waals surface area contributed by atoms with Crippen LogP contribution in [0.1, 0.15) is 24.2 Å². The van der Waals surface area contributed by atoms with Crippen molar-refractivity contribution in [1.29, 1.82) is 0 Å². The van der Waals surface area contributed by atoms with Crippen LogP contribution in [-0.2, 0) is 26.2 Å². The van der Waals surface area contributed by atoms with Gasteiger partial charge in [0.15, 0.2) is 12.4 Å². The summed E-state index contributed by atoms with van der Waals surface area (Å²) in [5.74, 6) is 0.0875. The predicted molar refractivity (Wildman–Crippen MR) is 81.6 cm³/mol. The normalized spacial score (nSPS) is 18.0. The van der Waals surface area contributed by atoms with Crippen LogP contribution < -0.4 is 4.72 Å². The maximum Gasteiger partial charge on any atom is 0.331 e. The van der Waals surface area contributed by atoms with Crippen LogP contribution in [0.5, 0.6) is 0 Å². The Kier molecular flexibility index (Phi) is 4.06. The first-order valence-electron chi connectivity index (χ1n) is 7.02. The first-order valence-corrected chi connectivity index (χ1v) is 8.51. The molecule has 0 saturated carbocycles. The zero-order valence-corrected chi connectivity index (χ0v) is 13.7. The molecule has 0 aliphatic carbocycles. The van der Waals surface area contributed by atoms with Gasteiger partial charge in [-0.3, -0.25) is 9.71 Å². The number of hydrogen-bond donors (Lipinski definition) is 1. The summed E-state index contributed by atoms with van der Waals surface area (Å²) in [5.41, 5.74) is 0.421. The topological polar surface area (TPSA) is 124 Å². The molecule has 2 heterocycles. The Morgan fingerprint density at radius 3 is 2.88 bits per heavy atom. The fourth-order valence-electron chi connectivity index (χ4n) is 2.13. The number of esters is 1. The van der Waals surface area contributed by atoms with Crippen LogP contribution in [-0.4, -0.2) is 36.4 Å². The number of ether oxygens (including phenoxy) is 1. The highest BCUT2D eigenvalue weighted by atomic mass is 32.2. The zero-order valence-electron chi connectivity index (χ0n) is 12.9. The van der Waals surface area contributed by atoms with Crippen molar-refractivity contribution in [3.8, 4) is 0 Å². The van der Waals surface area contributed by atoms with Gasteiger partial charge < -0.3 is 9.26 Å². The summed E-state index contributed by atoms with van der Waals surface area (Å²) in [4.78, 5) is 20.1. The molecule has 10 heteroatoms. The number of aryl methyl sites for hydroxylation is 1. The van der Waals surface area contributed by atoms with Crippen LogP contribution in [0, 0.1) is 6.92 Å². The van der Waals surface area contributed by atoms with E-state index in [2.05, 4.69) is 19.9 Å². The summed E-state index contributed by atoms with van der Waals surface area (Å²) in [6.45, 7) is 2.98. The maximum atomic E-state index is 12.0. The Hall–Kier alpha value is -2.75. The van der Waals surface area contributed by atoms with E-state index in [4.69, 9.17) is 9.26 Å². The Bertz CT molecular complexity index is 919. The molecule has 0 amide bonds. The van der Waals surface area contributed by atoms with E-state index in [1.54, 1.807) is 25.1 Å². The van der Waals surface area contributed by atoms with Gasteiger partial charge in [0.25, 0.3) is 15.9 Å². The van der Waals surface area contributed by atoms with Crippen LogP contribution in [0.15, 0.2) is 38.7 Å². The minimum absolute atomic E-state index is 0.115. The number of hydrogen-bond acceptors (Lipinski definition) is 8. The molecular weight excluding hydrogens is 336 g/mol. The largest absolute Gasteiger partial charge is 0.454 e. The van der Waals surface area contributed by atoms with Crippen molar-refractivity contribution in [2.45, 2.75) is 31.4 Å². The first kappa shape index (κ1) is 16.1. The third-order valence-corrected chi connectivity index (χ3v) is 4.63. The quantitative estimate of drug-likeness (QED) is 0.798. The van der Waals surface area contributed by atoms with Gasteiger partial charge in [-0.2, -0.15) is 4.98 Å². The number of carbonyl (C=O) groups is 1. The monoisotopic (exact) mass is 350 g/mol. The number of nitrogens with one attached hydrogen (secondary N) is 1. The molecule has 2 aromatic rings. The molecule has 3 rings (SSSR count). The summed E-state index contributed by atoms with van der Waals surface area (Å²) in [6, 6.07) is 5.49. The smallest absolute Gasteiger partial charge is 0.331 e. The third-order valence-electron chi connectivity index (χ3n) is 3.23. The Labute approximate surface area is 137 Å². The number of benzene rings is 1. The predicted octanol–water partition coefficient (Wildman–Crippen LogP) is 0.548. The van der Waals surface area contributed by atoms with E-state index in [0.29, 0.717) is 11.4 Å². The van der Waals surface area contributed by atoms with Crippen molar-refractivity contribution in [2.75, 3.05) is 0 Å². The van der Waals surface area contributed by atoms with E-state index < -0.39 is 22.0 Å². The molecule has 1 aliphatic heterocycles. The number of aliphatic imine (C=N–C) groups is 1. The van der Waals surface area contributed by atoms with Crippen LogP contribution in [0.3, 0.4) is 0 Å². The maximum absolute atomic E-state index is 12.0. The summed E-state index contributed by atoms with van der Waals surface area (Å²) in [7, 11) is -3.64. The van der Waals surface area contributed by atoms with Gasteiger partial charge in [0, 0.05) is 5.56 Å². The van der Waals surface area contributed by atoms with Gasteiger partial charge in [-0.25, -0.2) is 13.2 Å². The summed E-state index contributed by atoms with van der Waals surface area (Å²) >= 11 is 0. The van der Waals surface area contributed by atoms with Gasteiger partial charge in [0.2, 0.25) is 0 Å². The van der Waals surface area contributed by atoms with Crippen molar-refractivity contribution in [2.24, 2.45) is 4.99 Å². The molecule has 0 bridgehead atoms. The molecule has 1 atom stereocenters. The van der Waals surface area contributed by atoms with Gasteiger partial charge in [-0.05, 0) is 26.0 Å². The number of carbonyl (C=O) groups excluding carboxylic acids is 1. The second-order valence-electron chi connectivity index (χ2n) is 5.10. The number of sulfonamides is 1. The fraction of sp³-hybridized carbons (Fsp3) is 0.286. The molecule has 9 nitrogen and oxygen atoms in total. The van der Waals surface area contributed by atoms with Gasteiger partial charge in [0.05, 0.1) is 4.90 Å². The molecule has 1 aliphatic rings. The molecule has 1 aromatic heterocycles. The molecule has 0 unspecified atom stereocenters. The molecule has 0 radical (unpaired) electrons. The lowest BCUT2D eigenvalue weighted by atomic mass is 10.2. The Morgan fingerprint density at radius 2 is 2.17 bits per heavy atom. The lowest BCUT2D eigenvalue weighted by Crippen LogP contribution is -2.26. The molecule has 1 aromatic carbocycles. The van der Waals surface area contributed by atoms with E-state index >= 15 is 0 Å². The highest BCUT2D eigenvalue weighted by Gasteiger charge is 2.31. The van der Waals surface area contributed by atoms with Gasteiger partial charge >= 0.3 is 5.97 Å². The molecule has 0 fully saturated rings. The lowest BCUT2D eigenvalue weighted by Gasteiger charge is -2.07. The van der Waals surface area contributed by atoms with Crippen LogP contribution in [0.2, 0.25) is 0 Å². The summed E-state index contributed by atoms with van der Waals surface area (Å²) in [5, 5.41) is 3.58.